The summed E-state index contributed by atoms with van der Waals surface area (Å²) in [4.78, 5) is 11.4. The second kappa shape index (κ2) is 5.66. The molecule has 1 aliphatic carbocycles. The van der Waals surface area contributed by atoms with Crippen molar-refractivity contribution in [2.75, 3.05) is 0 Å². The fraction of sp³-hybridized carbons (Fsp3) is 0.333. The summed E-state index contributed by atoms with van der Waals surface area (Å²) < 4.78 is 54.8. The predicted octanol–water partition coefficient (Wildman–Crippen LogP) is 2.00. The molecule has 1 aliphatic rings. The van der Waals surface area contributed by atoms with Crippen LogP contribution in [-0.2, 0) is 17.1 Å². The number of aromatic nitrogens is 2. The molecule has 0 radical (unpaired) electrons. The molecule has 0 spiro atoms. The second-order valence-electron chi connectivity index (χ2n) is 5.82. The zero-order valence-electron chi connectivity index (χ0n) is 13.0. The van der Waals surface area contributed by atoms with Gasteiger partial charge in [-0.05, 0) is 37.5 Å². The molecule has 1 aromatic heterocycles. The second-order valence-corrected chi connectivity index (χ2v) is 7.47. The molecule has 1 amide bonds. The van der Waals surface area contributed by atoms with Crippen LogP contribution in [0.25, 0.3) is 0 Å². The lowest BCUT2D eigenvalue weighted by atomic mass is 10.2. The van der Waals surface area contributed by atoms with Crippen molar-refractivity contribution in [3.63, 3.8) is 0 Å². The van der Waals surface area contributed by atoms with Gasteiger partial charge in [0.05, 0.1) is 0 Å². The minimum atomic E-state index is -4.48. The van der Waals surface area contributed by atoms with E-state index in [1.807, 2.05) is 0 Å². The molecule has 24 heavy (non-hydrogen) atoms. The maximum atomic E-state index is 13.8. The molecule has 1 aromatic carbocycles. The minimum Gasteiger partial charge on any atom is -0.272 e. The number of rotatable bonds is 4. The fourth-order valence-corrected chi connectivity index (χ4v) is 3.53. The van der Waals surface area contributed by atoms with Crippen molar-refractivity contribution in [2.24, 2.45) is 7.05 Å². The van der Waals surface area contributed by atoms with E-state index < -0.39 is 32.5 Å². The van der Waals surface area contributed by atoms with E-state index in [2.05, 4.69) is 5.10 Å². The molecular weight excluding hydrogens is 340 g/mol. The molecule has 0 bridgehead atoms. The molecule has 0 aliphatic heterocycles. The summed E-state index contributed by atoms with van der Waals surface area (Å²) in [7, 11) is -2.81. The van der Waals surface area contributed by atoms with Crippen LogP contribution in [0.4, 0.5) is 8.78 Å². The zero-order chi connectivity index (χ0) is 17.6. The highest BCUT2D eigenvalue weighted by Gasteiger charge is 2.30. The molecule has 9 heteroatoms. The van der Waals surface area contributed by atoms with Crippen molar-refractivity contribution in [2.45, 2.75) is 30.6 Å². The van der Waals surface area contributed by atoms with E-state index in [1.165, 1.54) is 17.7 Å². The number of nitrogens with one attached hydrogen (secondary N) is 1. The van der Waals surface area contributed by atoms with E-state index in [9.17, 15) is 22.0 Å². The molecule has 1 N–H and O–H groups in total. The summed E-state index contributed by atoms with van der Waals surface area (Å²) in [5.74, 6) is -2.76. The molecule has 6 nitrogen and oxygen atoms in total. The zero-order valence-corrected chi connectivity index (χ0v) is 13.8. The highest BCUT2D eigenvalue weighted by molar-refractivity contribution is 7.90. The third kappa shape index (κ3) is 3.03. The lowest BCUT2D eigenvalue weighted by Crippen LogP contribution is -2.31. The van der Waals surface area contributed by atoms with Gasteiger partial charge in [-0.3, -0.25) is 9.48 Å². The standard InChI is InChI=1S/C15H15F2N3O3S/c1-8-5-14(11(17)6-10(8)16)24(22,23)19-15(21)12-7-13(9-3-4-9)20(2)18-12/h5-7,9H,3-4H2,1-2H3,(H,19,21). The van der Waals surface area contributed by atoms with Gasteiger partial charge in [0.25, 0.3) is 15.9 Å². The lowest BCUT2D eigenvalue weighted by molar-refractivity contribution is 0.0976. The van der Waals surface area contributed by atoms with Crippen LogP contribution in [0.15, 0.2) is 23.1 Å². The molecule has 0 atom stereocenters. The summed E-state index contributed by atoms with van der Waals surface area (Å²) in [6.45, 7) is 1.30. The Morgan fingerprint density at radius 3 is 2.54 bits per heavy atom. The van der Waals surface area contributed by atoms with Gasteiger partial charge in [-0.25, -0.2) is 21.9 Å². The first-order valence-electron chi connectivity index (χ1n) is 7.26. The van der Waals surface area contributed by atoms with Gasteiger partial charge in [-0.2, -0.15) is 5.10 Å². The quantitative estimate of drug-likeness (QED) is 0.910. The molecule has 1 fully saturated rings. The molecule has 0 unspecified atom stereocenters. The number of hydrogen-bond donors (Lipinski definition) is 1. The van der Waals surface area contributed by atoms with Gasteiger partial charge in [-0.1, -0.05) is 0 Å². The molecular formula is C15H15F2N3O3S. The Bertz CT molecular complexity index is 934. The van der Waals surface area contributed by atoms with Crippen LogP contribution in [-0.4, -0.2) is 24.1 Å². The number of carbonyl (C=O) groups excluding carboxylic acids is 1. The first-order valence-corrected chi connectivity index (χ1v) is 8.74. The van der Waals surface area contributed by atoms with E-state index in [1.54, 1.807) is 11.8 Å². The van der Waals surface area contributed by atoms with Crippen LogP contribution in [0, 0.1) is 18.6 Å². The van der Waals surface area contributed by atoms with Gasteiger partial charge in [0, 0.05) is 24.7 Å². The topological polar surface area (TPSA) is 81.1 Å². The first kappa shape index (κ1) is 16.6. The number of halogens is 2. The molecule has 128 valence electrons. The number of nitrogens with zero attached hydrogens (tertiary/aromatic N) is 2. The first-order chi connectivity index (χ1) is 11.2. The Balaban J connectivity index is 1.88. The van der Waals surface area contributed by atoms with Crippen LogP contribution in [0.5, 0.6) is 0 Å². The van der Waals surface area contributed by atoms with Crippen LogP contribution >= 0.6 is 0 Å². The average molecular weight is 355 g/mol. The smallest absolute Gasteiger partial charge is 0.272 e. The number of sulfonamides is 1. The van der Waals surface area contributed by atoms with Gasteiger partial charge < -0.3 is 0 Å². The summed E-state index contributed by atoms with van der Waals surface area (Å²) in [5, 5.41) is 3.99. The summed E-state index contributed by atoms with van der Waals surface area (Å²) in [6.07, 6.45) is 2.00. The maximum absolute atomic E-state index is 13.8. The monoisotopic (exact) mass is 355 g/mol. The summed E-state index contributed by atoms with van der Waals surface area (Å²) in [5.41, 5.74) is 0.738. The van der Waals surface area contributed by atoms with Crippen molar-refractivity contribution in [1.29, 1.82) is 0 Å². The molecule has 1 heterocycles. The number of aryl methyl sites for hydroxylation is 2. The highest BCUT2D eigenvalue weighted by atomic mass is 32.2. The van der Waals surface area contributed by atoms with E-state index in [-0.39, 0.29) is 11.3 Å². The van der Waals surface area contributed by atoms with Crippen LogP contribution in [0.2, 0.25) is 0 Å². The van der Waals surface area contributed by atoms with Crippen molar-refractivity contribution in [3.8, 4) is 0 Å². The molecule has 2 aromatic rings. The maximum Gasteiger partial charge on any atom is 0.285 e. The van der Waals surface area contributed by atoms with Gasteiger partial charge in [0.1, 0.15) is 16.5 Å². The largest absolute Gasteiger partial charge is 0.285 e. The van der Waals surface area contributed by atoms with Crippen LogP contribution in [0.1, 0.15) is 40.5 Å². The van der Waals surface area contributed by atoms with Gasteiger partial charge in [0.2, 0.25) is 0 Å². The van der Waals surface area contributed by atoms with Crippen molar-refractivity contribution in [1.82, 2.24) is 14.5 Å². The van der Waals surface area contributed by atoms with E-state index in [0.29, 0.717) is 12.0 Å². The Kier molecular flexibility index (Phi) is 3.90. The average Bonchev–Trinajstić information content (AvgIpc) is 3.24. The van der Waals surface area contributed by atoms with E-state index >= 15 is 0 Å². The molecule has 0 saturated heterocycles. The Labute approximate surface area is 137 Å². The Morgan fingerprint density at radius 1 is 1.25 bits per heavy atom. The van der Waals surface area contributed by atoms with Gasteiger partial charge in [-0.15, -0.1) is 0 Å². The van der Waals surface area contributed by atoms with Crippen molar-refractivity contribution < 1.29 is 22.0 Å². The number of hydrogen-bond acceptors (Lipinski definition) is 4. The van der Waals surface area contributed by atoms with E-state index in [4.69, 9.17) is 0 Å². The van der Waals surface area contributed by atoms with Gasteiger partial charge in [0.15, 0.2) is 5.69 Å². The summed E-state index contributed by atoms with van der Waals surface area (Å²) >= 11 is 0. The third-order valence-electron chi connectivity index (χ3n) is 3.87. The van der Waals surface area contributed by atoms with Gasteiger partial charge >= 0.3 is 0 Å². The van der Waals surface area contributed by atoms with E-state index in [0.717, 1.165) is 24.6 Å². The SMILES string of the molecule is Cc1cc(S(=O)(=O)NC(=O)c2cc(C3CC3)n(C)n2)c(F)cc1F. The molecule has 1 saturated carbocycles. The van der Waals surface area contributed by atoms with Crippen LogP contribution in [0.3, 0.4) is 0 Å². The van der Waals surface area contributed by atoms with Crippen LogP contribution < -0.4 is 4.72 Å². The number of carbonyl (C=O) groups is 1. The minimum absolute atomic E-state index is 0.0434. The number of benzene rings is 1. The fourth-order valence-electron chi connectivity index (χ4n) is 2.42. The Morgan fingerprint density at radius 2 is 1.92 bits per heavy atom. The normalized spacial score (nSPS) is 14.7. The lowest BCUT2D eigenvalue weighted by Gasteiger charge is -2.08. The predicted molar refractivity (Wildman–Crippen MR) is 80.9 cm³/mol. The Hall–Kier alpha value is -2.29. The number of amides is 1. The van der Waals surface area contributed by atoms with Crippen molar-refractivity contribution in [3.05, 3.63) is 46.8 Å². The van der Waals surface area contributed by atoms with Crippen molar-refractivity contribution >= 4 is 15.9 Å². The molecule has 3 rings (SSSR count). The highest BCUT2D eigenvalue weighted by Crippen LogP contribution is 2.39. The third-order valence-corrected chi connectivity index (χ3v) is 5.22. The summed E-state index contributed by atoms with van der Waals surface area (Å²) in [6, 6.07) is 2.84.